The van der Waals surface area contributed by atoms with Gasteiger partial charge in [-0.3, -0.25) is 61.8 Å². The van der Waals surface area contributed by atoms with Crippen LogP contribution in [0.2, 0.25) is 30.1 Å². The monoisotopic (exact) mass is 2120 g/mol. The lowest BCUT2D eigenvalue weighted by Gasteiger charge is -2.39. The number of amides is 3. The van der Waals surface area contributed by atoms with E-state index in [2.05, 4.69) is 95.6 Å². The van der Waals surface area contributed by atoms with Crippen LogP contribution in [-0.2, 0) is 62.6 Å². The van der Waals surface area contributed by atoms with Crippen LogP contribution in [0, 0.1) is 41.4 Å². The predicted octanol–water partition coefficient (Wildman–Crippen LogP) is 13.1. The number of carbonyl (C=O) groups excluding carboxylic acids is 6. The van der Waals surface area contributed by atoms with Crippen LogP contribution < -0.4 is 61.0 Å². The summed E-state index contributed by atoms with van der Waals surface area (Å²) in [5.74, 6) is 12.5. The maximum atomic E-state index is 14.6. The van der Waals surface area contributed by atoms with Crippen molar-refractivity contribution in [3.8, 4) is 91.6 Å². The highest BCUT2D eigenvalue weighted by Crippen LogP contribution is 2.49. The van der Waals surface area contributed by atoms with Gasteiger partial charge in [-0.2, -0.15) is 15.0 Å². The molecule has 15 rings (SSSR count). The van der Waals surface area contributed by atoms with Gasteiger partial charge in [-0.05, 0) is 146 Å². The third-order valence-corrected chi connectivity index (χ3v) is 29.5. The summed E-state index contributed by atoms with van der Waals surface area (Å²) in [6, 6.07) is 8.55. The molecule has 12 heterocycles. The highest BCUT2D eigenvalue weighted by molar-refractivity contribution is 6.43. The summed E-state index contributed by atoms with van der Waals surface area (Å²) in [4.78, 5) is 158. The SMILES string of the molecule is C=CC(=O)C[C@H]1CCOC[C@H]1Nc1ncc2cc(-c3c(Cl)c(OC)cc(OC)c3Cl)c(=O)n(CCC3CN(C(=O)C#CC)CCN3C)c2n1.C=CC(=O)C[C@H]1CCOC[C@H]1Nc1ncc2cc(-c3c(Cl)c(OC)cc(OC)c3Cl)c(=O)n(CCC3CN(C)CCN3C(=O)C#CC)c2n1.C=CC(=O)C[C@H]1CCOC[C@H]1Nc1ncc2cc(-c3c(Cl)c(OC)cc(OC)c3Cl)c(=O)n(CCC3CN(C)CCN3C(=O)C=C)c2n1. The van der Waals surface area contributed by atoms with E-state index in [0.717, 1.165) is 6.54 Å². The minimum absolute atomic E-state index is 0.000309. The lowest BCUT2D eigenvalue weighted by Crippen LogP contribution is -2.54. The summed E-state index contributed by atoms with van der Waals surface area (Å²) in [7, 11) is 14.8. The lowest BCUT2D eigenvalue weighted by atomic mass is 9.90. The molecule has 9 aromatic rings. The van der Waals surface area contributed by atoms with Gasteiger partial charge >= 0.3 is 0 Å². The molecule has 776 valence electrons. The van der Waals surface area contributed by atoms with Gasteiger partial charge in [-0.25, -0.2) is 15.0 Å². The Bertz CT molecular complexity index is 6700. The zero-order valence-electron chi connectivity index (χ0n) is 83.4. The van der Waals surface area contributed by atoms with Crippen molar-refractivity contribution in [3.05, 3.63) is 167 Å². The maximum absolute atomic E-state index is 14.6. The summed E-state index contributed by atoms with van der Waals surface area (Å²) < 4.78 is 54.7. The number of aromatic nitrogens is 9. The zero-order valence-corrected chi connectivity index (χ0v) is 88.0. The highest BCUT2D eigenvalue weighted by Gasteiger charge is 2.38. The normalized spacial score (nSPS) is 19.7. The molecule has 0 aliphatic carbocycles. The molecule has 3 aromatic carbocycles. The first-order valence-electron chi connectivity index (χ1n) is 47.8. The number of halogens is 6. The second kappa shape index (κ2) is 51.4. The Hall–Kier alpha value is -12.3. The number of ether oxygens (including phenoxy) is 9. The number of likely N-dealkylation sites (N-methyl/N-ethyl adjacent to an activating group) is 3. The van der Waals surface area contributed by atoms with Crippen LogP contribution in [0.25, 0.3) is 66.5 Å². The molecule has 6 aromatic heterocycles. The van der Waals surface area contributed by atoms with E-state index >= 15 is 0 Å². The summed E-state index contributed by atoms with van der Waals surface area (Å²) in [5, 5.41) is 12.6. The standard InChI is InChI=1S/2C35H40Cl2N6O6.C34H40Cl2N6O6/c1-6-8-29(45)42-13-12-41(3)23(19-42)9-11-43-33-22(16-25(34(43)46)30-31(36)27(47-4)17-28(48-5)32(30)37)18-38-35(40-33)39-26-20-49-14-10-21(26)15-24(44)7-2;1-6-8-29(45)42-13-12-41(3)19-23(42)9-11-43-33-22(16-25(34(43)46)30-31(36)27(47-4)17-28(48-5)32(30)37)18-38-35(40-33)39-26-20-49-14-10-21(26)15-24(44)7-2;1-6-23(43)14-20-9-13-48-19-25(20)38-34-37-17-21-15-24(29-30(35)26(46-4)16-27(47-5)31(29)36)33(45)42(32(21)39-34)10-8-22-18-40(3)11-12-41(22)28(44)7-2/h2*7,16-18,21,23,26H,2,9-15,19-20H2,1,3-5H3,(H,38,39,40);6-7,15-17,20,22,25H,1-2,8-14,18-19H2,3-5H3,(H,37,38,39)/t2*21-,23?,26-;20-,22?,25-/m111/s1. The molecule has 9 atom stereocenters. The number of aryl methyl sites for hydroxylation is 3. The molecule has 3 amide bonds. The molecular weight excluding hydrogens is 2000 g/mol. The largest absolute Gasteiger partial charge is 0.495 e. The van der Waals surface area contributed by atoms with E-state index in [0.29, 0.717) is 200 Å². The van der Waals surface area contributed by atoms with Crippen molar-refractivity contribution in [2.75, 3.05) is 178 Å². The molecule has 36 nitrogen and oxygen atoms in total. The van der Waals surface area contributed by atoms with Crippen molar-refractivity contribution in [2.24, 2.45) is 17.8 Å². The highest BCUT2D eigenvalue weighted by atomic mass is 35.5. The average molecular weight is 2120 g/mol. The lowest BCUT2D eigenvalue weighted by molar-refractivity contribution is -0.131. The van der Waals surface area contributed by atoms with Gasteiger partial charge in [-0.15, -0.1) is 0 Å². The number of nitrogens with zero attached hydrogens (tertiary/aromatic N) is 15. The van der Waals surface area contributed by atoms with Gasteiger partial charge in [0.25, 0.3) is 28.5 Å². The third kappa shape index (κ3) is 25.7. The molecule has 6 fully saturated rings. The molecule has 6 aliphatic rings. The van der Waals surface area contributed by atoms with Crippen molar-refractivity contribution in [2.45, 2.75) is 128 Å². The Morgan fingerprint density at radius 2 is 0.733 bits per heavy atom. The fraction of sp³-hybridized carbons (Fsp3) is 0.452. The van der Waals surface area contributed by atoms with E-state index in [1.807, 2.05) is 21.1 Å². The van der Waals surface area contributed by atoms with E-state index in [4.69, 9.17) is 127 Å². The number of nitrogens with one attached hydrogen (secondary N) is 3. The van der Waals surface area contributed by atoms with E-state index in [1.54, 1.807) is 97.2 Å². The van der Waals surface area contributed by atoms with Crippen molar-refractivity contribution in [1.82, 2.24) is 73.0 Å². The topological polar surface area (TPSA) is 384 Å². The number of allylic oxidation sites excluding steroid dienone is 3. The van der Waals surface area contributed by atoms with Gasteiger partial charge in [0, 0.05) is 205 Å². The van der Waals surface area contributed by atoms with Gasteiger partial charge in [0.05, 0.1) is 127 Å². The van der Waals surface area contributed by atoms with Crippen LogP contribution in [0.1, 0.15) is 71.6 Å². The Labute approximate surface area is 876 Å². The first kappa shape index (κ1) is 111. The zero-order chi connectivity index (χ0) is 105. The van der Waals surface area contributed by atoms with Crippen molar-refractivity contribution in [1.29, 1.82) is 0 Å². The first-order chi connectivity index (χ1) is 70.3. The Morgan fingerprint density at radius 1 is 0.418 bits per heavy atom. The van der Waals surface area contributed by atoms with Gasteiger partial charge in [0.1, 0.15) is 51.4 Å². The summed E-state index contributed by atoms with van der Waals surface area (Å²) >= 11 is 40.7. The molecule has 0 saturated carbocycles. The first-order valence-corrected chi connectivity index (χ1v) is 50.0. The smallest absolute Gasteiger partial charge is 0.298 e. The number of rotatable bonds is 34. The van der Waals surface area contributed by atoms with Crippen LogP contribution >= 0.6 is 69.6 Å². The number of anilines is 3. The number of carbonyl (C=O) groups is 6. The van der Waals surface area contributed by atoms with Crippen LogP contribution in [-0.4, -0.2) is 307 Å². The molecule has 0 radical (unpaired) electrons. The van der Waals surface area contributed by atoms with Crippen molar-refractivity contribution in [3.63, 3.8) is 0 Å². The Balaban J connectivity index is 0.000000183. The number of hydrogen-bond acceptors (Lipinski definition) is 30. The van der Waals surface area contributed by atoms with Gasteiger partial charge in [0.15, 0.2) is 17.3 Å². The molecule has 6 aliphatic heterocycles. The number of methoxy groups -OCH3 is 6. The predicted molar refractivity (Wildman–Crippen MR) is 565 cm³/mol. The number of ketones is 3. The molecule has 3 N–H and O–H groups in total. The van der Waals surface area contributed by atoms with Crippen LogP contribution in [0.15, 0.2) is 120 Å². The summed E-state index contributed by atoms with van der Waals surface area (Å²) in [5.41, 5.74) is 1.39. The quantitative estimate of drug-likeness (QED) is 0.0249. The van der Waals surface area contributed by atoms with E-state index in [9.17, 15) is 43.2 Å². The second-order valence-electron chi connectivity index (χ2n) is 36.1. The van der Waals surface area contributed by atoms with Crippen molar-refractivity contribution < 1.29 is 71.4 Å². The van der Waals surface area contributed by atoms with E-state index < -0.39 is 11.1 Å². The number of piperazine rings is 3. The Kier molecular flexibility index (Phi) is 39.0. The van der Waals surface area contributed by atoms with E-state index in [-0.39, 0.29) is 213 Å². The Morgan fingerprint density at radius 3 is 1.05 bits per heavy atom. The van der Waals surface area contributed by atoms with Crippen LogP contribution in [0.4, 0.5) is 17.8 Å². The molecule has 42 heteroatoms. The van der Waals surface area contributed by atoms with Crippen LogP contribution in [0.3, 0.4) is 0 Å². The fourth-order valence-electron chi connectivity index (χ4n) is 19.1. The third-order valence-electron chi connectivity index (χ3n) is 27.2. The van der Waals surface area contributed by atoms with E-state index in [1.165, 1.54) is 67.0 Å². The number of fused-ring (bicyclic) bond motifs is 3. The summed E-state index contributed by atoms with van der Waals surface area (Å²) in [6.07, 6.45) is 14.7. The number of hydrogen-bond donors (Lipinski definition) is 3. The van der Waals surface area contributed by atoms with Gasteiger partial charge < -0.3 is 83.1 Å². The molecule has 0 bridgehead atoms. The molecule has 146 heavy (non-hydrogen) atoms. The van der Waals surface area contributed by atoms with Gasteiger partial charge in [0.2, 0.25) is 23.8 Å². The molecular formula is C104H120Cl6N18O18. The van der Waals surface area contributed by atoms with Gasteiger partial charge in [-0.1, -0.05) is 108 Å². The molecule has 0 spiro atoms. The fourth-order valence-corrected chi connectivity index (χ4v) is 21.2. The summed E-state index contributed by atoms with van der Waals surface area (Å²) in [6.45, 7) is 26.7. The van der Waals surface area contributed by atoms with Crippen LogP contribution in [0.5, 0.6) is 34.5 Å². The molecule has 3 unspecified atom stereocenters. The maximum Gasteiger partial charge on any atom is 0.298 e. The minimum atomic E-state index is -0.401. The minimum Gasteiger partial charge on any atom is -0.495 e. The number of pyridine rings is 3. The molecule has 6 saturated heterocycles. The average Bonchev–Trinajstić information content (AvgIpc) is 0.756. The van der Waals surface area contributed by atoms with Crippen molar-refractivity contribution >= 4 is 156 Å². The second-order valence-corrected chi connectivity index (χ2v) is 38.4. The number of benzene rings is 3.